The Morgan fingerprint density at radius 1 is 0.274 bits per heavy atom. The maximum Gasteiger partial charge on any atom is 0.164 e. The molecule has 62 heavy (non-hydrogen) atoms. The van der Waals surface area contributed by atoms with Crippen LogP contribution >= 0.6 is 11.8 Å². The molecule has 9 aromatic carbocycles. The summed E-state index contributed by atoms with van der Waals surface area (Å²) >= 11 is 1.86. The van der Waals surface area contributed by atoms with Gasteiger partial charge in [-0.25, -0.2) is 15.0 Å². The first-order chi connectivity index (χ1) is 30.7. The number of rotatable bonds is 6. The van der Waals surface area contributed by atoms with E-state index < -0.39 is 5.41 Å². The number of fused-ring (bicyclic) bond motifs is 9. The van der Waals surface area contributed by atoms with E-state index in [4.69, 9.17) is 15.0 Å². The maximum absolute atomic E-state index is 5.35. The van der Waals surface area contributed by atoms with Crippen LogP contribution < -0.4 is 0 Å². The van der Waals surface area contributed by atoms with Crippen molar-refractivity contribution in [2.24, 2.45) is 0 Å². The zero-order chi connectivity index (χ0) is 41.0. The van der Waals surface area contributed by atoms with Gasteiger partial charge in [-0.3, -0.25) is 0 Å². The average molecular weight is 808 g/mol. The molecule has 1 spiro atoms. The smallest absolute Gasteiger partial charge is 0.164 e. The minimum Gasteiger partial charge on any atom is -0.208 e. The average Bonchev–Trinajstić information content (AvgIpc) is 3.65. The van der Waals surface area contributed by atoms with Crippen LogP contribution in [-0.2, 0) is 5.41 Å². The molecule has 290 valence electrons. The molecule has 0 fully saturated rings. The van der Waals surface area contributed by atoms with Gasteiger partial charge in [0.25, 0.3) is 0 Å². The lowest BCUT2D eigenvalue weighted by Crippen LogP contribution is -2.32. The predicted molar refractivity (Wildman–Crippen MR) is 254 cm³/mol. The van der Waals surface area contributed by atoms with Crippen molar-refractivity contribution >= 4 is 11.8 Å². The molecular formula is C58H37N3S. The number of benzene rings is 9. The van der Waals surface area contributed by atoms with Crippen molar-refractivity contribution in [3.05, 3.63) is 247 Å². The third kappa shape index (κ3) is 5.79. The minimum atomic E-state index is -0.476. The zero-order valence-electron chi connectivity index (χ0n) is 33.6. The standard InChI is InChI=1S/C58H37N3S/c1-3-18-38(19-4-1)40-22-15-24-42(36-40)55-59-56(43-25-16-23-41(37-43)39-20-5-2-6-21-39)61-57(60-55)48-29-8-7-26-44(48)47-30-17-34-52-54(47)62-53-35-14-13-33-51(53)58(52)49-31-11-9-27-45(49)46-28-10-12-32-50(46)58/h1-37H. The second kappa shape index (κ2) is 14.8. The lowest BCUT2D eigenvalue weighted by Gasteiger charge is -2.40. The van der Waals surface area contributed by atoms with E-state index in [1.807, 2.05) is 23.9 Å². The van der Waals surface area contributed by atoms with Gasteiger partial charge in [0.2, 0.25) is 0 Å². The summed E-state index contributed by atoms with van der Waals surface area (Å²) in [5, 5.41) is 0. The van der Waals surface area contributed by atoms with E-state index in [2.05, 4.69) is 212 Å². The number of aromatic nitrogens is 3. The molecule has 0 unspecified atom stereocenters. The van der Waals surface area contributed by atoms with Gasteiger partial charge in [-0.15, -0.1) is 0 Å². The molecule has 10 aromatic rings. The first-order valence-corrected chi connectivity index (χ1v) is 21.8. The summed E-state index contributed by atoms with van der Waals surface area (Å²) in [5.41, 5.74) is 16.9. The summed E-state index contributed by atoms with van der Waals surface area (Å²) in [6, 6.07) is 80.4. The Bertz CT molecular complexity index is 3190. The highest BCUT2D eigenvalue weighted by molar-refractivity contribution is 7.99. The van der Waals surface area contributed by atoms with Crippen LogP contribution in [-0.4, -0.2) is 15.0 Å². The Morgan fingerprint density at radius 3 is 1.27 bits per heavy atom. The third-order valence-electron chi connectivity index (χ3n) is 12.4. The van der Waals surface area contributed by atoms with Crippen molar-refractivity contribution in [3.8, 4) is 78.7 Å². The molecule has 1 aromatic heterocycles. The van der Waals surface area contributed by atoms with E-state index in [0.29, 0.717) is 17.5 Å². The molecule has 0 saturated heterocycles. The molecule has 1 aliphatic heterocycles. The summed E-state index contributed by atoms with van der Waals surface area (Å²) in [6.45, 7) is 0. The summed E-state index contributed by atoms with van der Waals surface area (Å²) in [5.74, 6) is 1.87. The van der Waals surface area contributed by atoms with Gasteiger partial charge in [-0.1, -0.05) is 218 Å². The van der Waals surface area contributed by atoms with Gasteiger partial charge in [-0.05, 0) is 85.0 Å². The van der Waals surface area contributed by atoms with Crippen molar-refractivity contribution in [2.75, 3.05) is 0 Å². The second-order valence-corrected chi connectivity index (χ2v) is 16.9. The fraction of sp³-hybridized carbons (Fsp3) is 0.0172. The molecular weight excluding hydrogens is 771 g/mol. The van der Waals surface area contributed by atoms with Crippen molar-refractivity contribution in [3.63, 3.8) is 0 Å². The SMILES string of the molecule is c1ccc(-c2cccc(-c3nc(-c4cccc(-c5ccccc5)c4)nc(-c4ccccc4-c4cccc5c4Sc4ccccc4C54c5ccccc5-c5ccccc54)n3)c2)cc1. The zero-order valence-corrected chi connectivity index (χ0v) is 34.4. The molecule has 0 radical (unpaired) electrons. The first kappa shape index (κ1) is 36.2. The molecule has 0 bridgehead atoms. The fourth-order valence-corrected chi connectivity index (χ4v) is 11.0. The van der Waals surface area contributed by atoms with Crippen molar-refractivity contribution < 1.29 is 0 Å². The van der Waals surface area contributed by atoms with Crippen LogP contribution in [0.5, 0.6) is 0 Å². The van der Waals surface area contributed by atoms with Crippen LogP contribution in [0.25, 0.3) is 78.7 Å². The molecule has 0 amide bonds. The number of hydrogen-bond donors (Lipinski definition) is 0. The molecule has 4 heteroatoms. The van der Waals surface area contributed by atoms with Gasteiger partial charge in [-0.2, -0.15) is 0 Å². The molecule has 12 rings (SSSR count). The molecule has 0 saturated carbocycles. The fourth-order valence-electron chi connectivity index (χ4n) is 9.69. The second-order valence-electron chi connectivity index (χ2n) is 15.9. The lowest BCUT2D eigenvalue weighted by molar-refractivity contribution is 0.723. The number of nitrogens with zero attached hydrogens (tertiary/aromatic N) is 3. The van der Waals surface area contributed by atoms with E-state index in [0.717, 1.165) is 50.1 Å². The van der Waals surface area contributed by atoms with Crippen LogP contribution in [0.3, 0.4) is 0 Å². The highest BCUT2D eigenvalue weighted by Crippen LogP contribution is 2.63. The van der Waals surface area contributed by atoms with Gasteiger partial charge in [0.1, 0.15) is 0 Å². The topological polar surface area (TPSA) is 38.7 Å². The Hall–Kier alpha value is -7.66. The largest absolute Gasteiger partial charge is 0.208 e. The van der Waals surface area contributed by atoms with Crippen LogP contribution in [0.15, 0.2) is 234 Å². The highest BCUT2D eigenvalue weighted by Gasteiger charge is 2.50. The van der Waals surface area contributed by atoms with Gasteiger partial charge in [0, 0.05) is 26.5 Å². The van der Waals surface area contributed by atoms with E-state index in [-0.39, 0.29) is 0 Å². The Balaban J connectivity index is 1.08. The van der Waals surface area contributed by atoms with E-state index in [1.54, 1.807) is 0 Å². The first-order valence-electron chi connectivity index (χ1n) is 21.0. The lowest BCUT2D eigenvalue weighted by atomic mass is 9.67. The molecule has 2 heterocycles. The molecule has 3 nitrogen and oxygen atoms in total. The third-order valence-corrected chi connectivity index (χ3v) is 13.6. The monoisotopic (exact) mass is 807 g/mol. The van der Waals surface area contributed by atoms with Gasteiger partial charge >= 0.3 is 0 Å². The Kier molecular flexibility index (Phi) is 8.65. The summed E-state index contributed by atoms with van der Waals surface area (Å²) in [7, 11) is 0. The highest BCUT2D eigenvalue weighted by atomic mass is 32.2. The minimum absolute atomic E-state index is 0.476. The van der Waals surface area contributed by atoms with Crippen LogP contribution in [0.1, 0.15) is 22.3 Å². The maximum atomic E-state index is 5.35. The normalized spacial score (nSPS) is 12.9. The number of hydrogen-bond acceptors (Lipinski definition) is 4. The molecule has 2 aliphatic rings. The van der Waals surface area contributed by atoms with Crippen LogP contribution in [0.2, 0.25) is 0 Å². The van der Waals surface area contributed by atoms with Crippen molar-refractivity contribution in [1.82, 2.24) is 15.0 Å². The van der Waals surface area contributed by atoms with Gasteiger partial charge < -0.3 is 0 Å². The van der Waals surface area contributed by atoms with E-state index in [1.165, 1.54) is 43.2 Å². The Morgan fingerprint density at radius 2 is 0.677 bits per heavy atom. The van der Waals surface area contributed by atoms with Crippen LogP contribution in [0.4, 0.5) is 0 Å². The Labute approximate surface area is 365 Å². The van der Waals surface area contributed by atoms with Crippen molar-refractivity contribution in [2.45, 2.75) is 15.2 Å². The van der Waals surface area contributed by atoms with Gasteiger partial charge in [0.05, 0.1) is 5.41 Å². The predicted octanol–water partition coefficient (Wildman–Crippen LogP) is 14.7. The molecule has 0 N–H and O–H groups in total. The summed E-state index contributed by atoms with van der Waals surface area (Å²) in [4.78, 5) is 18.4. The van der Waals surface area contributed by atoms with E-state index in [9.17, 15) is 0 Å². The van der Waals surface area contributed by atoms with E-state index >= 15 is 0 Å². The van der Waals surface area contributed by atoms with Crippen LogP contribution in [0, 0.1) is 0 Å². The van der Waals surface area contributed by atoms with Gasteiger partial charge in [0.15, 0.2) is 17.5 Å². The quantitative estimate of drug-likeness (QED) is 0.168. The summed E-state index contributed by atoms with van der Waals surface area (Å²) < 4.78 is 0. The molecule has 1 aliphatic carbocycles. The molecule has 0 atom stereocenters. The van der Waals surface area contributed by atoms with Crippen molar-refractivity contribution in [1.29, 1.82) is 0 Å². The summed E-state index contributed by atoms with van der Waals surface area (Å²) in [6.07, 6.45) is 0.